The SMILES string of the molecule is Cc1cc(CCNCCn2cnc3c2c(=O)n(C)c(=O)n3C)ccc1O. The van der Waals surface area contributed by atoms with E-state index in [2.05, 4.69) is 10.3 Å². The number of hydrogen-bond acceptors (Lipinski definition) is 5. The standard InChI is InChI=1S/C18H23N5O3/c1-12-10-13(4-5-14(12)24)6-7-19-8-9-23-11-20-16-15(23)17(25)22(3)18(26)21(16)2/h4-5,10-11,19,24H,6-9H2,1-3H3. The molecule has 0 bridgehead atoms. The Hall–Kier alpha value is -2.87. The Bertz CT molecular complexity index is 1060. The second-order valence-electron chi connectivity index (χ2n) is 6.44. The molecule has 0 aliphatic heterocycles. The Morgan fingerprint density at radius 2 is 1.92 bits per heavy atom. The number of rotatable bonds is 6. The van der Waals surface area contributed by atoms with Gasteiger partial charge in [0.2, 0.25) is 0 Å². The molecule has 0 aliphatic carbocycles. The number of benzene rings is 1. The van der Waals surface area contributed by atoms with Crippen LogP contribution >= 0.6 is 0 Å². The average molecular weight is 357 g/mol. The number of phenolic OH excluding ortho intramolecular Hbond substituents is 1. The molecule has 26 heavy (non-hydrogen) atoms. The number of phenols is 1. The van der Waals surface area contributed by atoms with Gasteiger partial charge in [-0.2, -0.15) is 0 Å². The van der Waals surface area contributed by atoms with E-state index in [4.69, 9.17) is 0 Å². The Morgan fingerprint density at radius 1 is 1.15 bits per heavy atom. The van der Waals surface area contributed by atoms with Crippen molar-refractivity contribution in [1.82, 2.24) is 24.0 Å². The third-order valence-electron chi connectivity index (χ3n) is 4.60. The third-order valence-corrected chi connectivity index (χ3v) is 4.60. The fraction of sp³-hybridized carbons (Fsp3) is 0.389. The number of fused-ring (bicyclic) bond motifs is 1. The normalized spacial score (nSPS) is 11.3. The molecule has 0 fully saturated rings. The number of nitrogens with zero attached hydrogens (tertiary/aromatic N) is 4. The molecule has 8 heteroatoms. The highest BCUT2D eigenvalue weighted by molar-refractivity contribution is 5.69. The van der Waals surface area contributed by atoms with Crippen LogP contribution in [-0.4, -0.2) is 36.9 Å². The molecule has 0 spiro atoms. The highest BCUT2D eigenvalue weighted by Gasteiger charge is 2.13. The minimum Gasteiger partial charge on any atom is -0.508 e. The first-order chi connectivity index (χ1) is 12.4. The number of aromatic nitrogens is 4. The highest BCUT2D eigenvalue weighted by Crippen LogP contribution is 2.16. The van der Waals surface area contributed by atoms with Crippen LogP contribution in [0.2, 0.25) is 0 Å². The molecule has 3 aromatic rings. The molecule has 138 valence electrons. The van der Waals surface area contributed by atoms with Crippen LogP contribution < -0.4 is 16.6 Å². The number of imidazole rings is 1. The molecule has 0 saturated heterocycles. The van der Waals surface area contributed by atoms with Gasteiger partial charge >= 0.3 is 5.69 Å². The zero-order valence-corrected chi connectivity index (χ0v) is 15.2. The van der Waals surface area contributed by atoms with Crippen molar-refractivity contribution in [3.05, 3.63) is 56.5 Å². The topological polar surface area (TPSA) is 94.1 Å². The monoisotopic (exact) mass is 357 g/mol. The molecule has 2 N–H and O–H groups in total. The lowest BCUT2D eigenvalue weighted by Crippen LogP contribution is -2.37. The van der Waals surface area contributed by atoms with Gasteiger partial charge in [0, 0.05) is 27.2 Å². The van der Waals surface area contributed by atoms with Crippen molar-refractivity contribution in [2.45, 2.75) is 19.9 Å². The summed E-state index contributed by atoms with van der Waals surface area (Å²) < 4.78 is 4.25. The van der Waals surface area contributed by atoms with E-state index in [1.165, 1.54) is 11.6 Å². The summed E-state index contributed by atoms with van der Waals surface area (Å²) in [6.07, 6.45) is 2.44. The van der Waals surface area contributed by atoms with Crippen LogP contribution in [0.1, 0.15) is 11.1 Å². The van der Waals surface area contributed by atoms with E-state index in [1.807, 2.05) is 19.1 Å². The molecule has 8 nitrogen and oxygen atoms in total. The van der Waals surface area contributed by atoms with E-state index in [9.17, 15) is 14.7 Å². The fourth-order valence-corrected chi connectivity index (χ4v) is 3.00. The predicted molar refractivity (Wildman–Crippen MR) is 99.6 cm³/mol. The maximum atomic E-state index is 12.4. The van der Waals surface area contributed by atoms with E-state index in [0.717, 1.165) is 28.7 Å². The predicted octanol–water partition coefficient (Wildman–Crippen LogP) is 0.280. The Balaban J connectivity index is 1.63. The van der Waals surface area contributed by atoms with Crippen LogP contribution in [0.5, 0.6) is 5.75 Å². The van der Waals surface area contributed by atoms with Crippen LogP contribution in [0.4, 0.5) is 0 Å². The van der Waals surface area contributed by atoms with Crippen LogP contribution in [0, 0.1) is 6.92 Å². The van der Waals surface area contributed by atoms with Gasteiger partial charge in [-0.1, -0.05) is 12.1 Å². The summed E-state index contributed by atoms with van der Waals surface area (Å²) in [4.78, 5) is 28.5. The van der Waals surface area contributed by atoms with Crippen LogP contribution in [0.25, 0.3) is 11.2 Å². The average Bonchev–Trinajstić information content (AvgIpc) is 3.05. The van der Waals surface area contributed by atoms with Gasteiger partial charge in [-0.05, 0) is 37.1 Å². The van der Waals surface area contributed by atoms with Crippen molar-refractivity contribution < 1.29 is 5.11 Å². The molecular formula is C18H23N5O3. The maximum absolute atomic E-state index is 12.4. The Labute approximate surface area is 150 Å². The van der Waals surface area contributed by atoms with E-state index in [0.29, 0.717) is 30.0 Å². The summed E-state index contributed by atoms with van der Waals surface area (Å²) in [5, 5.41) is 12.9. The Morgan fingerprint density at radius 3 is 2.65 bits per heavy atom. The van der Waals surface area contributed by atoms with Crippen molar-refractivity contribution in [2.75, 3.05) is 13.1 Å². The summed E-state index contributed by atoms with van der Waals surface area (Å²) in [7, 11) is 3.08. The van der Waals surface area contributed by atoms with E-state index in [-0.39, 0.29) is 11.2 Å². The molecule has 1 aromatic carbocycles. The molecular weight excluding hydrogens is 334 g/mol. The number of aryl methyl sites for hydroxylation is 2. The number of aromatic hydroxyl groups is 1. The van der Waals surface area contributed by atoms with E-state index >= 15 is 0 Å². The van der Waals surface area contributed by atoms with E-state index < -0.39 is 0 Å². The van der Waals surface area contributed by atoms with Gasteiger partial charge in [-0.25, -0.2) is 9.78 Å². The van der Waals surface area contributed by atoms with Crippen molar-refractivity contribution in [2.24, 2.45) is 14.1 Å². The fourth-order valence-electron chi connectivity index (χ4n) is 3.00. The quantitative estimate of drug-likeness (QED) is 0.618. The van der Waals surface area contributed by atoms with Gasteiger partial charge in [-0.15, -0.1) is 0 Å². The van der Waals surface area contributed by atoms with Crippen LogP contribution in [0.3, 0.4) is 0 Å². The zero-order chi connectivity index (χ0) is 18.8. The third kappa shape index (κ3) is 3.28. The molecule has 2 heterocycles. The summed E-state index contributed by atoms with van der Waals surface area (Å²) in [6, 6.07) is 5.60. The lowest BCUT2D eigenvalue weighted by atomic mass is 10.1. The summed E-state index contributed by atoms with van der Waals surface area (Å²) in [6.45, 7) is 3.92. The summed E-state index contributed by atoms with van der Waals surface area (Å²) in [5.41, 5.74) is 2.15. The zero-order valence-electron chi connectivity index (χ0n) is 15.2. The molecule has 0 unspecified atom stereocenters. The number of nitrogens with one attached hydrogen (secondary N) is 1. The van der Waals surface area contributed by atoms with Gasteiger partial charge < -0.3 is 15.0 Å². The first kappa shape index (κ1) is 17.9. The second kappa shape index (κ2) is 7.17. The minimum absolute atomic E-state index is 0.310. The molecule has 0 amide bonds. The van der Waals surface area contributed by atoms with E-state index in [1.54, 1.807) is 24.0 Å². The molecule has 0 aliphatic rings. The van der Waals surface area contributed by atoms with Crippen molar-refractivity contribution in [1.29, 1.82) is 0 Å². The highest BCUT2D eigenvalue weighted by atomic mass is 16.3. The van der Waals surface area contributed by atoms with Gasteiger partial charge in [0.1, 0.15) is 5.75 Å². The maximum Gasteiger partial charge on any atom is 0.332 e. The summed E-state index contributed by atoms with van der Waals surface area (Å²) >= 11 is 0. The smallest absolute Gasteiger partial charge is 0.332 e. The molecule has 0 atom stereocenters. The number of hydrogen-bond donors (Lipinski definition) is 2. The van der Waals surface area contributed by atoms with Crippen molar-refractivity contribution in [3.63, 3.8) is 0 Å². The Kier molecular flexibility index (Phi) is 4.94. The van der Waals surface area contributed by atoms with Crippen LogP contribution in [-0.2, 0) is 27.1 Å². The minimum atomic E-state index is -0.380. The molecule has 0 radical (unpaired) electrons. The van der Waals surface area contributed by atoms with Gasteiger partial charge in [0.05, 0.1) is 6.33 Å². The van der Waals surface area contributed by atoms with Crippen LogP contribution in [0.15, 0.2) is 34.1 Å². The first-order valence-electron chi connectivity index (χ1n) is 8.50. The lowest BCUT2D eigenvalue weighted by molar-refractivity contribution is 0.471. The molecule has 2 aromatic heterocycles. The molecule has 3 rings (SSSR count). The van der Waals surface area contributed by atoms with Gasteiger partial charge in [0.25, 0.3) is 5.56 Å². The largest absolute Gasteiger partial charge is 0.508 e. The van der Waals surface area contributed by atoms with Crippen molar-refractivity contribution in [3.8, 4) is 5.75 Å². The first-order valence-corrected chi connectivity index (χ1v) is 8.50. The summed E-state index contributed by atoms with van der Waals surface area (Å²) in [5.74, 6) is 0.310. The lowest BCUT2D eigenvalue weighted by Gasteiger charge is -2.08. The van der Waals surface area contributed by atoms with Gasteiger partial charge in [-0.3, -0.25) is 13.9 Å². The van der Waals surface area contributed by atoms with Crippen molar-refractivity contribution >= 4 is 11.2 Å². The van der Waals surface area contributed by atoms with Gasteiger partial charge in [0.15, 0.2) is 11.2 Å². The molecule has 0 saturated carbocycles. The second-order valence-corrected chi connectivity index (χ2v) is 6.44.